The molecule has 2 aromatic heterocycles. The number of carboxylic acid groups (broad SMARTS) is 1. The molecular weight excluding hydrogens is 448 g/mol. The highest BCUT2D eigenvalue weighted by atomic mass is 16.5. The minimum Gasteiger partial charge on any atom is -0.493 e. The number of ether oxygens (including phenoxy) is 1. The molecule has 0 saturated carbocycles. The molecule has 0 amide bonds. The Labute approximate surface area is 204 Å². The Morgan fingerprint density at radius 2 is 1.86 bits per heavy atom. The summed E-state index contributed by atoms with van der Waals surface area (Å²) in [6, 6.07) is 5.05. The number of aromatic nitrogens is 4. The molecule has 0 aliphatic carbocycles. The van der Waals surface area contributed by atoms with E-state index in [9.17, 15) is 19.5 Å². The topological polar surface area (TPSA) is 127 Å². The SMILES string of the molecule is CCCOc1ccc(C(C)=O)cc1-c1nc2c(CC)nn(CC(C)(C(=O)O)C(C)(C)C)c2c(=O)[nH]1. The number of benzene rings is 1. The Bertz CT molecular complexity index is 1330. The van der Waals surface area contributed by atoms with E-state index in [1.54, 1.807) is 25.1 Å². The molecule has 0 fully saturated rings. The first kappa shape index (κ1) is 26.1. The number of ketones is 1. The second-order valence-corrected chi connectivity index (χ2v) is 10.1. The third-order valence-corrected chi connectivity index (χ3v) is 6.70. The van der Waals surface area contributed by atoms with E-state index in [4.69, 9.17) is 9.72 Å². The molecule has 9 heteroatoms. The minimum absolute atomic E-state index is 0.0110. The zero-order valence-electron chi connectivity index (χ0n) is 21.5. The highest BCUT2D eigenvalue weighted by Gasteiger charge is 2.45. The van der Waals surface area contributed by atoms with Gasteiger partial charge in [0.15, 0.2) is 11.3 Å². The quantitative estimate of drug-likeness (QED) is 0.431. The molecule has 0 bridgehead atoms. The molecular formula is C26H34N4O5. The van der Waals surface area contributed by atoms with E-state index < -0.39 is 22.4 Å². The van der Waals surface area contributed by atoms with Crippen molar-refractivity contribution in [3.63, 3.8) is 0 Å². The molecule has 9 nitrogen and oxygen atoms in total. The van der Waals surface area contributed by atoms with Gasteiger partial charge < -0.3 is 14.8 Å². The van der Waals surface area contributed by atoms with Crippen LogP contribution in [0.3, 0.4) is 0 Å². The van der Waals surface area contributed by atoms with Crippen molar-refractivity contribution < 1.29 is 19.4 Å². The van der Waals surface area contributed by atoms with Crippen LogP contribution in [0.15, 0.2) is 23.0 Å². The number of carboxylic acids is 1. The number of hydrogen-bond acceptors (Lipinski definition) is 6. The van der Waals surface area contributed by atoms with Gasteiger partial charge in [-0.05, 0) is 50.3 Å². The van der Waals surface area contributed by atoms with Crippen LogP contribution in [-0.2, 0) is 17.8 Å². The summed E-state index contributed by atoms with van der Waals surface area (Å²) >= 11 is 0. The highest BCUT2D eigenvalue weighted by Crippen LogP contribution is 2.40. The van der Waals surface area contributed by atoms with Gasteiger partial charge in [-0.3, -0.25) is 19.1 Å². The van der Waals surface area contributed by atoms with E-state index in [1.807, 2.05) is 34.6 Å². The van der Waals surface area contributed by atoms with Crippen molar-refractivity contribution in [3.8, 4) is 17.1 Å². The first-order valence-corrected chi connectivity index (χ1v) is 11.8. The molecule has 1 aromatic carbocycles. The van der Waals surface area contributed by atoms with Crippen LogP contribution in [0.25, 0.3) is 22.4 Å². The zero-order valence-corrected chi connectivity index (χ0v) is 21.5. The number of nitrogens with one attached hydrogen (secondary N) is 1. The molecule has 0 aliphatic heterocycles. The third-order valence-electron chi connectivity index (χ3n) is 6.70. The lowest BCUT2D eigenvalue weighted by molar-refractivity contribution is -0.156. The van der Waals surface area contributed by atoms with Crippen LogP contribution in [0, 0.1) is 10.8 Å². The van der Waals surface area contributed by atoms with Crippen LogP contribution in [0.2, 0.25) is 0 Å². The maximum absolute atomic E-state index is 13.4. The number of carbonyl (C=O) groups excluding carboxylic acids is 1. The first-order chi connectivity index (χ1) is 16.3. The van der Waals surface area contributed by atoms with Gasteiger partial charge in [-0.2, -0.15) is 5.10 Å². The lowest BCUT2D eigenvalue weighted by Gasteiger charge is -2.37. The summed E-state index contributed by atoms with van der Waals surface area (Å²) in [5, 5.41) is 14.6. The number of H-pyrrole nitrogens is 1. The summed E-state index contributed by atoms with van der Waals surface area (Å²) in [7, 11) is 0. The Kier molecular flexibility index (Phi) is 7.19. The van der Waals surface area contributed by atoms with E-state index in [1.165, 1.54) is 11.6 Å². The van der Waals surface area contributed by atoms with E-state index >= 15 is 0 Å². The maximum atomic E-state index is 13.4. The van der Waals surface area contributed by atoms with Crippen molar-refractivity contribution >= 4 is 22.8 Å². The number of fused-ring (bicyclic) bond motifs is 1. The molecule has 2 N–H and O–H groups in total. The van der Waals surface area contributed by atoms with Gasteiger partial charge in [0.05, 0.1) is 29.8 Å². The number of aliphatic carboxylic acids is 1. The highest BCUT2D eigenvalue weighted by molar-refractivity contribution is 5.95. The number of hydrogen-bond donors (Lipinski definition) is 2. The van der Waals surface area contributed by atoms with Crippen molar-refractivity contribution in [1.29, 1.82) is 0 Å². The normalized spacial score (nSPS) is 13.6. The predicted octanol–water partition coefficient (Wildman–Crippen LogP) is 4.48. The van der Waals surface area contributed by atoms with Crippen molar-refractivity contribution in [2.24, 2.45) is 10.8 Å². The number of rotatable bonds is 9. The van der Waals surface area contributed by atoms with Gasteiger partial charge in [-0.1, -0.05) is 34.6 Å². The summed E-state index contributed by atoms with van der Waals surface area (Å²) < 4.78 is 7.32. The molecule has 0 saturated heterocycles. The fourth-order valence-corrected chi connectivity index (χ4v) is 3.83. The molecule has 3 rings (SSSR count). The van der Waals surface area contributed by atoms with Crippen LogP contribution >= 0.6 is 0 Å². The fraction of sp³-hybridized carbons (Fsp3) is 0.500. The zero-order chi connectivity index (χ0) is 26.1. The summed E-state index contributed by atoms with van der Waals surface area (Å²) in [4.78, 5) is 45.1. The van der Waals surface area contributed by atoms with Crippen molar-refractivity contribution in [1.82, 2.24) is 19.7 Å². The molecule has 1 atom stereocenters. The molecule has 0 spiro atoms. The molecule has 35 heavy (non-hydrogen) atoms. The number of Topliss-reactive ketones (excluding diaryl/α,β-unsaturated/α-hetero) is 1. The first-order valence-electron chi connectivity index (χ1n) is 11.8. The molecule has 0 aliphatic rings. The van der Waals surface area contributed by atoms with Gasteiger partial charge in [0.2, 0.25) is 0 Å². The Morgan fingerprint density at radius 3 is 2.40 bits per heavy atom. The summed E-state index contributed by atoms with van der Waals surface area (Å²) in [6.45, 7) is 13.1. The Balaban J connectivity index is 2.24. The minimum atomic E-state index is -1.18. The number of aromatic amines is 1. The van der Waals surface area contributed by atoms with Crippen molar-refractivity contribution in [2.75, 3.05) is 6.61 Å². The molecule has 3 aromatic rings. The van der Waals surface area contributed by atoms with E-state index in [0.29, 0.717) is 41.1 Å². The van der Waals surface area contributed by atoms with Crippen LogP contribution in [0.5, 0.6) is 5.75 Å². The average molecular weight is 483 g/mol. The van der Waals surface area contributed by atoms with Gasteiger partial charge >= 0.3 is 5.97 Å². The smallest absolute Gasteiger partial charge is 0.311 e. The summed E-state index contributed by atoms with van der Waals surface area (Å²) in [5.74, 6) is -0.306. The van der Waals surface area contributed by atoms with Crippen LogP contribution in [-0.4, -0.2) is 43.2 Å². The van der Waals surface area contributed by atoms with Gasteiger partial charge in [0.1, 0.15) is 17.1 Å². The third kappa shape index (κ3) is 4.85. The van der Waals surface area contributed by atoms with E-state index in [0.717, 1.165) is 6.42 Å². The largest absolute Gasteiger partial charge is 0.493 e. The molecule has 1 unspecified atom stereocenters. The van der Waals surface area contributed by atoms with Crippen LogP contribution < -0.4 is 10.3 Å². The second kappa shape index (κ2) is 9.64. The van der Waals surface area contributed by atoms with E-state index in [-0.39, 0.29) is 23.7 Å². The summed E-state index contributed by atoms with van der Waals surface area (Å²) in [5.41, 5.74) is -0.0169. The average Bonchev–Trinajstić information content (AvgIpc) is 3.14. The van der Waals surface area contributed by atoms with Crippen LogP contribution in [0.1, 0.15) is 70.9 Å². The van der Waals surface area contributed by atoms with Crippen molar-refractivity contribution in [3.05, 3.63) is 39.8 Å². The second-order valence-electron chi connectivity index (χ2n) is 10.1. The maximum Gasteiger partial charge on any atom is 0.311 e. The number of nitrogens with zero attached hydrogens (tertiary/aromatic N) is 3. The molecule has 2 heterocycles. The summed E-state index contributed by atoms with van der Waals surface area (Å²) in [6.07, 6.45) is 1.30. The molecule has 188 valence electrons. The lowest BCUT2D eigenvalue weighted by Crippen LogP contribution is -2.44. The van der Waals surface area contributed by atoms with Gasteiger partial charge in [0.25, 0.3) is 5.56 Å². The number of carbonyl (C=O) groups is 2. The Hall–Kier alpha value is -3.49. The number of aryl methyl sites for hydroxylation is 1. The molecule has 0 radical (unpaired) electrons. The fourth-order valence-electron chi connectivity index (χ4n) is 3.83. The van der Waals surface area contributed by atoms with Gasteiger partial charge in [-0.25, -0.2) is 4.98 Å². The van der Waals surface area contributed by atoms with E-state index in [2.05, 4.69) is 10.1 Å². The standard InChI is InChI=1S/C26H34N4O5/c1-8-12-35-19-11-10-16(15(3)31)13-17(19)22-27-20-18(9-2)29-30(21(20)23(32)28-22)14-26(7,24(33)34)25(4,5)6/h10-11,13H,8-9,12,14H2,1-7H3,(H,33,34)(H,27,28,32). The van der Waals surface area contributed by atoms with Gasteiger partial charge in [0, 0.05) is 5.56 Å². The Morgan fingerprint density at radius 1 is 1.17 bits per heavy atom. The predicted molar refractivity (Wildman–Crippen MR) is 134 cm³/mol. The van der Waals surface area contributed by atoms with Gasteiger partial charge in [-0.15, -0.1) is 0 Å². The van der Waals surface area contributed by atoms with Crippen LogP contribution in [0.4, 0.5) is 0 Å². The van der Waals surface area contributed by atoms with Crippen molar-refractivity contribution in [2.45, 2.75) is 67.9 Å². The monoisotopic (exact) mass is 482 g/mol. The lowest BCUT2D eigenvalue weighted by atomic mass is 9.68.